The highest BCUT2D eigenvalue weighted by atomic mass is 13.4. The summed E-state index contributed by atoms with van der Waals surface area (Å²) in [6.07, 6.45) is 0. The Hall–Kier alpha value is -5.10. The summed E-state index contributed by atoms with van der Waals surface area (Å²) in [4.78, 5) is 0. The van der Waals surface area contributed by atoms with E-state index in [0.717, 1.165) is 0 Å². The van der Waals surface area contributed by atoms with E-state index in [4.69, 9.17) is 0 Å². The molecule has 0 fully saturated rings. The van der Waals surface area contributed by atoms with Crippen LogP contribution in [0, 0.1) is 0 Å². The highest BCUT2D eigenvalue weighted by Crippen LogP contribution is 1.58. The second-order valence-electron chi connectivity index (χ2n) is 2.85. The molecule has 0 atom stereocenters. The molecule has 100 valence electrons. The Labute approximate surface area is 139 Å². The van der Waals surface area contributed by atoms with E-state index in [1.807, 2.05) is 0 Å². The summed E-state index contributed by atoms with van der Waals surface area (Å²) in [7, 11) is 0. The van der Waals surface area contributed by atoms with E-state index in [9.17, 15) is 0 Å². The van der Waals surface area contributed by atoms with Crippen LogP contribution in [0.3, 0.4) is 0 Å². The van der Waals surface area contributed by atoms with E-state index in [0.29, 0.717) is 0 Å². The van der Waals surface area contributed by atoms with Crippen LogP contribution in [0.5, 0.6) is 0 Å². The average molecular weight is 292 g/mol. The Morgan fingerprint density at radius 2 is 0.333 bits per heavy atom. The van der Waals surface area contributed by atoms with Gasteiger partial charge in [-0.2, -0.15) is 0 Å². The maximum atomic E-state index is 3.30. The Bertz CT molecular complexity index is 1220. The molecule has 24 heavy (non-hydrogen) atoms. The second-order valence-corrected chi connectivity index (χ2v) is 2.85. The van der Waals surface area contributed by atoms with Gasteiger partial charge in [0.25, 0.3) is 0 Å². The van der Waals surface area contributed by atoms with Crippen LogP contribution in [-0.4, -0.2) is 0 Å². The fraction of sp³-hybridized carbons (Fsp3) is 0. The fourth-order valence-electron chi connectivity index (χ4n) is 0.651. The maximum Gasteiger partial charge on any atom is 0 e. The highest BCUT2D eigenvalue weighted by Gasteiger charge is 1.42. The third-order valence-electron chi connectivity index (χ3n) is 1.36. The SMILES string of the molecule is C=C=C=C=C=C=C=C=C=C=C=C=C=C=C=C=C=C=C=C=C=C=C=C. The zero-order valence-electron chi connectivity index (χ0n) is 12.4. The van der Waals surface area contributed by atoms with Crippen molar-refractivity contribution >= 4 is 0 Å². The molecule has 0 aromatic heterocycles. The van der Waals surface area contributed by atoms with E-state index in [-0.39, 0.29) is 0 Å². The van der Waals surface area contributed by atoms with Crippen LogP contribution < -0.4 is 0 Å². The lowest BCUT2D eigenvalue weighted by atomic mass is 10.6. The summed E-state index contributed by atoms with van der Waals surface area (Å²) in [6, 6.07) is 0. The third-order valence-corrected chi connectivity index (χ3v) is 1.36. The van der Waals surface area contributed by atoms with Gasteiger partial charge in [0.2, 0.25) is 0 Å². The summed E-state index contributed by atoms with van der Waals surface area (Å²) >= 11 is 0. The van der Waals surface area contributed by atoms with Gasteiger partial charge in [-0.1, -0.05) is 11.5 Å². The lowest BCUT2D eigenvalue weighted by molar-refractivity contribution is 2.11. The van der Waals surface area contributed by atoms with Crippen molar-refractivity contribution < 1.29 is 0 Å². The molecular formula is C24H4. The fourth-order valence-corrected chi connectivity index (χ4v) is 0.651. The average Bonchev–Trinajstić information content (AvgIpc) is 2.60. The molecule has 0 spiro atoms. The molecule has 0 aliphatic rings. The molecule has 0 bridgehead atoms. The molecule has 0 heteroatoms. The Balaban J connectivity index is 5.86. The number of hydrogen-bond acceptors (Lipinski definition) is 0. The maximum absolute atomic E-state index is 3.30. The van der Waals surface area contributed by atoms with Crippen molar-refractivity contribution in [1.29, 1.82) is 0 Å². The molecule has 0 amide bonds. The predicted molar refractivity (Wildman–Crippen MR) is 88.5 cm³/mol. The molecule has 0 unspecified atom stereocenters. The summed E-state index contributed by atoms with van der Waals surface area (Å²) in [6.45, 7) is 6.60. The van der Waals surface area contributed by atoms with Gasteiger partial charge < -0.3 is 0 Å². The van der Waals surface area contributed by atoms with E-state index in [2.05, 4.69) is 139 Å². The van der Waals surface area contributed by atoms with Gasteiger partial charge >= 0.3 is 0 Å². The van der Waals surface area contributed by atoms with Gasteiger partial charge in [0.05, 0.1) is 0 Å². The summed E-state index contributed by atoms with van der Waals surface area (Å²) in [5, 5.41) is 0. The van der Waals surface area contributed by atoms with Gasteiger partial charge in [-0.05, 0) is 105 Å². The third kappa shape index (κ3) is 16.9. The minimum atomic E-state index is 2.37. The Kier molecular flexibility index (Phi) is 14.1. The minimum Gasteiger partial charge on any atom is -0.0687 e. The molecule has 0 nitrogen and oxygen atoms in total. The van der Waals surface area contributed by atoms with Crippen molar-refractivity contribution in [2.24, 2.45) is 0 Å². The molecule has 0 N–H and O–H groups in total. The van der Waals surface area contributed by atoms with Crippen LogP contribution in [-0.2, 0) is 0 Å². The summed E-state index contributed by atoms with van der Waals surface area (Å²) < 4.78 is 0. The van der Waals surface area contributed by atoms with Crippen molar-refractivity contribution in [2.45, 2.75) is 0 Å². The molecule has 0 aliphatic heterocycles. The van der Waals surface area contributed by atoms with E-state index < -0.39 is 0 Å². The topological polar surface area (TPSA) is 0 Å². The van der Waals surface area contributed by atoms with Crippen LogP contribution in [0.1, 0.15) is 0 Å². The smallest absolute Gasteiger partial charge is 0 e. The molecule has 0 aromatic carbocycles. The molecule has 0 heterocycles. The summed E-state index contributed by atoms with van der Waals surface area (Å²) in [5.41, 5.74) is 54.4. The van der Waals surface area contributed by atoms with Crippen LogP contribution in [0.25, 0.3) is 0 Å². The van der Waals surface area contributed by atoms with Crippen LogP contribution in [0.4, 0.5) is 0 Å². The van der Waals surface area contributed by atoms with Crippen molar-refractivity contribution in [3.63, 3.8) is 0 Å². The zero-order chi connectivity index (χ0) is 17.6. The van der Waals surface area contributed by atoms with E-state index in [1.54, 1.807) is 0 Å². The first-order valence-corrected chi connectivity index (χ1v) is 5.96. The van der Waals surface area contributed by atoms with Crippen LogP contribution in [0.2, 0.25) is 0 Å². The van der Waals surface area contributed by atoms with Gasteiger partial charge in [-0.25, -0.2) is 0 Å². The summed E-state index contributed by atoms with van der Waals surface area (Å²) in [5.74, 6) is 0. The molecule has 0 saturated heterocycles. The second kappa shape index (κ2) is 17.9. The largest absolute Gasteiger partial charge is 0.0687 e. The number of hydrogen-bond donors (Lipinski definition) is 0. The normalized spacial score (nSPS) is 3.83. The molecule has 0 radical (unpaired) electrons. The molecule has 0 aliphatic carbocycles. The van der Waals surface area contributed by atoms with Crippen molar-refractivity contribution in [3.05, 3.63) is 139 Å². The molecule has 0 saturated carbocycles. The van der Waals surface area contributed by atoms with Crippen molar-refractivity contribution in [3.8, 4) is 0 Å². The molecule has 0 aromatic rings. The monoisotopic (exact) mass is 292 g/mol. The first-order valence-electron chi connectivity index (χ1n) is 5.96. The van der Waals surface area contributed by atoms with Crippen LogP contribution in [0.15, 0.2) is 139 Å². The number of rotatable bonds is 0. The minimum absolute atomic E-state index is 2.37. The molecule has 0 rings (SSSR count). The molecular weight excluding hydrogens is 288 g/mol. The van der Waals surface area contributed by atoms with Crippen LogP contribution >= 0.6 is 0 Å². The van der Waals surface area contributed by atoms with Gasteiger partial charge in [0.15, 0.2) is 0 Å². The zero-order valence-corrected chi connectivity index (χ0v) is 12.4. The quantitative estimate of drug-likeness (QED) is 0.587. The van der Waals surface area contributed by atoms with Gasteiger partial charge in [0, 0.05) is 22.9 Å². The first kappa shape index (κ1) is 18.9. The highest BCUT2D eigenvalue weighted by molar-refractivity contribution is 4.93. The van der Waals surface area contributed by atoms with Gasteiger partial charge in [0.1, 0.15) is 0 Å². The standard InChI is InChI=1S/C24H4/c1-3-5-7-9-11-13-15-17-19-21-23-24-22-20-18-16-14-12-10-8-6-4-2/h1-2H2. The Morgan fingerprint density at radius 3 is 0.458 bits per heavy atom. The lowest BCUT2D eigenvalue weighted by Crippen LogP contribution is -1.25. The first-order chi connectivity index (χ1) is 11.9. The van der Waals surface area contributed by atoms with Gasteiger partial charge in [-0.3, -0.25) is 0 Å². The Morgan fingerprint density at radius 1 is 0.208 bits per heavy atom. The lowest BCUT2D eigenvalue weighted by Gasteiger charge is -1.40. The van der Waals surface area contributed by atoms with E-state index >= 15 is 0 Å². The predicted octanol–water partition coefficient (Wildman–Crippen LogP) is 4.21. The van der Waals surface area contributed by atoms with E-state index in [1.165, 1.54) is 0 Å². The van der Waals surface area contributed by atoms with Gasteiger partial charge in [-0.15, -0.1) is 0 Å². The van der Waals surface area contributed by atoms with Crippen molar-refractivity contribution in [1.82, 2.24) is 0 Å². The van der Waals surface area contributed by atoms with Crippen molar-refractivity contribution in [2.75, 3.05) is 0 Å².